The Balaban J connectivity index is 1.63. The minimum atomic E-state index is -0.263. The number of benzene rings is 2. The third-order valence-electron chi connectivity index (χ3n) is 4.18. The third-order valence-corrected chi connectivity index (χ3v) is 5.41. The molecule has 0 spiro atoms. The van der Waals surface area contributed by atoms with Gasteiger partial charge < -0.3 is 5.32 Å². The van der Waals surface area contributed by atoms with Crippen molar-refractivity contribution in [3.63, 3.8) is 0 Å². The highest BCUT2D eigenvalue weighted by atomic mass is 32.2. The van der Waals surface area contributed by atoms with Gasteiger partial charge >= 0.3 is 0 Å². The van der Waals surface area contributed by atoms with Crippen LogP contribution in [0.5, 0.6) is 0 Å². The predicted octanol–water partition coefficient (Wildman–Crippen LogP) is 4.29. The lowest BCUT2D eigenvalue weighted by Gasteiger charge is -2.18. The highest BCUT2D eigenvalue weighted by molar-refractivity contribution is 8.00. The van der Waals surface area contributed by atoms with Crippen LogP contribution in [0.15, 0.2) is 72.0 Å². The fourth-order valence-corrected chi connectivity index (χ4v) is 3.44. The first-order valence-electron chi connectivity index (χ1n) is 8.94. The van der Waals surface area contributed by atoms with Gasteiger partial charge in [-0.15, -0.1) is 10.2 Å². The van der Waals surface area contributed by atoms with Gasteiger partial charge in [-0.2, -0.15) is 0 Å². The first-order chi connectivity index (χ1) is 13.2. The molecular weight excluding hydrogens is 356 g/mol. The second-order valence-corrected chi connectivity index (χ2v) is 7.32. The number of hydrogen-bond acceptors (Lipinski definition) is 5. The molecule has 6 heteroatoms. The summed E-state index contributed by atoms with van der Waals surface area (Å²) in [5.41, 5.74) is 2.77. The summed E-state index contributed by atoms with van der Waals surface area (Å²) in [7, 11) is 0. The topological polar surface area (TPSA) is 67.8 Å². The Kier molecular flexibility index (Phi) is 6.54. The maximum Gasteiger partial charge on any atom is 0.234 e. The molecule has 2 aromatic carbocycles. The summed E-state index contributed by atoms with van der Waals surface area (Å²) >= 11 is 1.34. The molecule has 0 fully saturated rings. The van der Waals surface area contributed by atoms with E-state index in [1.54, 1.807) is 6.20 Å². The van der Waals surface area contributed by atoms with Gasteiger partial charge in [-0.25, -0.2) is 4.98 Å². The van der Waals surface area contributed by atoms with E-state index in [2.05, 4.69) is 20.5 Å². The van der Waals surface area contributed by atoms with Gasteiger partial charge in [0.1, 0.15) is 5.69 Å². The third kappa shape index (κ3) is 5.14. The first kappa shape index (κ1) is 19.0. The van der Waals surface area contributed by atoms with Crippen LogP contribution in [0.4, 0.5) is 0 Å². The van der Waals surface area contributed by atoms with Gasteiger partial charge in [0.05, 0.1) is 17.5 Å². The predicted molar refractivity (Wildman–Crippen MR) is 108 cm³/mol. The molecule has 5 nitrogen and oxygen atoms in total. The normalized spacial score (nSPS) is 13.0. The van der Waals surface area contributed by atoms with Crippen LogP contribution in [-0.2, 0) is 4.79 Å². The van der Waals surface area contributed by atoms with Crippen LogP contribution < -0.4 is 5.32 Å². The summed E-state index contributed by atoms with van der Waals surface area (Å²) < 4.78 is 0. The number of aromatic nitrogens is 3. The molecule has 1 N–H and O–H groups in total. The van der Waals surface area contributed by atoms with Gasteiger partial charge in [0.15, 0.2) is 0 Å². The fraction of sp³-hybridized carbons (Fsp3) is 0.238. The van der Waals surface area contributed by atoms with Gasteiger partial charge in [0, 0.05) is 5.56 Å². The first-order valence-corrected chi connectivity index (χ1v) is 9.82. The number of thioether (sulfide) groups is 1. The smallest absolute Gasteiger partial charge is 0.234 e. The van der Waals surface area contributed by atoms with Gasteiger partial charge in [0.2, 0.25) is 11.1 Å². The van der Waals surface area contributed by atoms with E-state index >= 15 is 0 Å². The summed E-state index contributed by atoms with van der Waals surface area (Å²) in [6.45, 7) is 3.97. The van der Waals surface area contributed by atoms with Crippen LogP contribution in [0.1, 0.15) is 31.9 Å². The molecule has 1 aromatic heterocycles. The highest BCUT2D eigenvalue weighted by Gasteiger charge is 2.21. The van der Waals surface area contributed by atoms with E-state index in [0.717, 1.165) is 16.8 Å². The van der Waals surface area contributed by atoms with E-state index in [1.165, 1.54) is 11.8 Å². The molecule has 0 aliphatic heterocycles. The van der Waals surface area contributed by atoms with Gasteiger partial charge in [0.25, 0.3) is 0 Å². The molecule has 138 valence electrons. The van der Waals surface area contributed by atoms with Crippen molar-refractivity contribution < 1.29 is 4.79 Å². The minimum absolute atomic E-state index is 0.0189. The van der Waals surface area contributed by atoms with Crippen LogP contribution >= 0.6 is 11.8 Å². The van der Waals surface area contributed by atoms with Crippen molar-refractivity contribution >= 4 is 17.7 Å². The largest absolute Gasteiger partial charge is 0.349 e. The molecular formula is C21H22N4OS. The van der Waals surface area contributed by atoms with Crippen LogP contribution in [0.25, 0.3) is 11.3 Å². The summed E-state index contributed by atoms with van der Waals surface area (Å²) in [5.74, 6) is -0.0189. The van der Waals surface area contributed by atoms with Crippen molar-refractivity contribution in [3.05, 3.63) is 72.4 Å². The Morgan fingerprint density at radius 2 is 1.70 bits per heavy atom. The summed E-state index contributed by atoms with van der Waals surface area (Å²) in [4.78, 5) is 17.0. The zero-order valence-corrected chi connectivity index (χ0v) is 16.2. The molecule has 0 radical (unpaired) electrons. The maximum atomic E-state index is 12.6. The van der Waals surface area contributed by atoms with E-state index in [-0.39, 0.29) is 17.2 Å². The van der Waals surface area contributed by atoms with E-state index in [0.29, 0.717) is 11.6 Å². The number of carbonyl (C=O) groups excluding carboxylic acids is 1. The van der Waals surface area contributed by atoms with Crippen LogP contribution in [0, 0.1) is 0 Å². The second kappa shape index (κ2) is 9.28. The van der Waals surface area contributed by atoms with Crippen LogP contribution in [0.3, 0.4) is 0 Å². The molecule has 0 aliphatic carbocycles. The standard InChI is InChI=1S/C21H22N4OS/c1-3-19(20(26)23-15(2)16-10-6-4-7-11-16)27-21-22-14-18(24-25-21)17-12-8-5-9-13-17/h4-15,19H,3H2,1-2H3,(H,23,26)/t15-,19-/m0/s1. The van der Waals surface area contributed by atoms with E-state index in [4.69, 9.17) is 0 Å². The van der Waals surface area contributed by atoms with Crippen LogP contribution in [-0.4, -0.2) is 26.3 Å². The number of nitrogens with one attached hydrogen (secondary N) is 1. The highest BCUT2D eigenvalue weighted by Crippen LogP contribution is 2.24. The molecule has 0 bridgehead atoms. The van der Waals surface area contributed by atoms with Crippen molar-refractivity contribution in [3.8, 4) is 11.3 Å². The monoisotopic (exact) mass is 378 g/mol. The quantitative estimate of drug-likeness (QED) is 0.621. The molecule has 0 saturated carbocycles. The Morgan fingerprint density at radius 1 is 1.04 bits per heavy atom. The van der Waals surface area contributed by atoms with Crippen molar-refractivity contribution in [2.45, 2.75) is 36.7 Å². The number of rotatable bonds is 7. The minimum Gasteiger partial charge on any atom is -0.349 e. The van der Waals surface area contributed by atoms with Crippen LogP contribution in [0.2, 0.25) is 0 Å². The summed E-state index contributed by atoms with van der Waals surface area (Å²) in [5, 5.41) is 11.7. The van der Waals surface area contributed by atoms with Crippen molar-refractivity contribution in [1.82, 2.24) is 20.5 Å². The van der Waals surface area contributed by atoms with Gasteiger partial charge in [-0.3, -0.25) is 4.79 Å². The summed E-state index contributed by atoms with van der Waals surface area (Å²) in [6, 6.07) is 19.7. The molecule has 2 atom stereocenters. The molecule has 0 unspecified atom stereocenters. The molecule has 0 aliphatic rings. The Labute approximate surface area is 163 Å². The molecule has 27 heavy (non-hydrogen) atoms. The number of hydrogen-bond donors (Lipinski definition) is 1. The molecule has 1 heterocycles. The number of carbonyl (C=O) groups is 1. The van der Waals surface area contributed by atoms with E-state index in [9.17, 15) is 4.79 Å². The lowest BCUT2D eigenvalue weighted by atomic mass is 10.1. The van der Waals surface area contributed by atoms with Crippen molar-refractivity contribution in [2.75, 3.05) is 0 Å². The van der Waals surface area contributed by atoms with Crippen molar-refractivity contribution in [1.29, 1.82) is 0 Å². The van der Waals surface area contributed by atoms with Crippen molar-refractivity contribution in [2.24, 2.45) is 0 Å². The van der Waals surface area contributed by atoms with Gasteiger partial charge in [-0.1, -0.05) is 79.3 Å². The number of nitrogens with zero attached hydrogens (tertiary/aromatic N) is 3. The SMILES string of the molecule is CC[C@H](Sc1ncc(-c2ccccc2)nn1)C(=O)N[C@@H](C)c1ccccc1. The lowest BCUT2D eigenvalue weighted by molar-refractivity contribution is -0.121. The molecule has 0 saturated heterocycles. The van der Waals surface area contributed by atoms with E-state index < -0.39 is 0 Å². The Hall–Kier alpha value is -2.73. The van der Waals surface area contributed by atoms with E-state index in [1.807, 2.05) is 74.5 Å². The lowest BCUT2D eigenvalue weighted by Crippen LogP contribution is -2.34. The molecule has 1 amide bonds. The summed E-state index contributed by atoms with van der Waals surface area (Å²) in [6.07, 6.45) is 2.38. The molecule has 3 aromatic rings. The Bertz CT molecular complexity index is 856. The average Bonchev–Trinajstić information content (AvgIpc) is 2.73. The zero-order valence-electron chi connectivity index (χ0n) is 15.4. The fourth-order valence-electron chi connectivity index (χ4n) is 2.64. The molecule has 3 rings (SSSR count). The zero-order chi connectivity index (χ0) is 19.1. The maximum absolute atomic E-state index is 12.6. The second-order valence-electron chi connectivity index (χ2n) is 6.15. The number of amides is 1. The Morgan fingerprint density at radius 3 is 2.30 bits per heavy atom. The van der Waals surface area contributed by atoms with Gasteiger partial charge in [-0.05, 0) is 18.9 Å². The average molecular weight is 379 g/mol.